The number of rotatable bonds is 0. The van der Waals surface area contributed by atoms with E-state index in [-0.39, 0.29) is 5.91 Å². The van der Waals surface area contributed by atoms with Crippen molar-refractivity contribution in [2.75, 3.05) is 13.6 Å². The van der Waals surface area contributed by atoms with Gasteiger partial charge in [-0.25, -0.2) is 0 Å². The first-order valence-electron chi connectivity index (χ1n) is 2.86. The van der Waals surface area contributed by atoms with Gasteiger partial charge in [0.2, 0.25) is 5.91 Å². The Morgan fingerprint density at radius 2 is 2.50 bits per heavy atom. The summed E-state index contributed by atoms with van der Waals surface area (Å²) in [5, 5.41) is 0. The van der Waals surface area contributed by atoms with Crippen LogP contribution in [0.3, 0.4) is 0 Å². The lowest BCUT2D eigenvalue weighted by molar-refractivity contribution is -0.130. The summed E-state index contributed by atoms with van der Waals surface area (Å²) in [6.45, 7) is 0.902. The van der Waals surface area contributed by atoms with Crippen LogP contribution in [0.4, 0.5) is 0 Å². The van der Waals surface area contributed by atoms with Crippen LogP contribution in [0.25, 0.3) is 0 Å². The van der Waals surface area contributed by atoms with Crippen LogP contribution in [-0.2, 0) is 4.79 Å². The number of likely N-dealkylation sites (tertiary alicyclic amines) is 1. The van der Waals surface area contributed by atoms with Crippen LogP contribution in [0.2, 0.25) is 0 Å². The Morgan fingerprint density at radius 3 is 2.88 bits per heavy atom. The van der Waals surface area contributed by atoms with E-state index in [1.807, 2.05) is 13.5 Å². The third-order valence-electron chi connectivity index (χ3n) is 1.41. The van der Waals surface area contributed by atoms with Crippen molar-refractivity contribution in [1.82, 2.24) is 4.90 Å². The molecule has 0 aromatic rings. The van der Waals surface area contributed by atoms with Gasteiger partial charge in [0.25, 0.3) is 0 Å². The molecule has 45 valence electrons. The molecular weight excluding hydrogens is 102 g/mol. The Balaban J connectivity index is 2.39. The summed E-state index contributed by atoms with van der Waals surface area (Å²) in [7, 11) is 1.84. The van der Waals surface area contributed by atoms with Gasteiger partial charge >= 0.3 is 0 Å². The van der Waals surface area contributed by atoms with Gasteiger partial charge in [-0.3, -0.25) is 4.79 Å². The van der Waals surface area contributed by atoms with Gasteiger partial charge in [0.1, 0.15) is 0 Å². The molecule has 8 heavy (non-hydrogen) atoms. The summed E-state index contributed by atoms with van der Waals surface area (Å²) in [5.74, 6) is 0.247. The molecular formula is C6H10NO. The lowest BCUT2D eigenvalue weighted by atomic mass is 10.1. The first kappa shape index (κ1) is 5.60. The first-order chi connectivity index (χ1) is 3.80. The molecule has 2 nitrogen and oxygen atoms in total. The molecule has 1 heterocycles. The van der Waals surface area contributed by atoms with Crippen molar-refractivity contribution in [3.8, 4) is 0 Å². The van der Waals surface area contributed by atoms with Gasteiger partial charge < -0.3 is 4.90 Å². The largest absolute Gasteiger partial charge is 0.346 e. The Hall–Kier alpha value is -0.530. The molecule has 1 rings (SSSR count). The maximum Gasteiger partial charge on any atom is 0.222 e. The van der Waals surface area contributed by atoms with Crippen LogP contribution in [0.1, 0.15) is 12.8 Å². The summed E-state index contributed by atoms with van der Waals surface area (Å²) >= 11 is 0. The molecule has 2 heteroatoms. The molecule has 0 saturated carbocycles. The molecule has 0 atom stereocenters. The van der Waals surface area contributed by atoms with Gasteiger partial charge in [-0.2, -0.15) is 0 Å². The maximum atomic E-state index is 10.7. The number of hydrogen-bond acceptors (Lipinski definition) is 1. The summed E-state index contributed by atoms with van der Waals surface area (Å²) in [5.41, 5.74) is 0. The second-order valence-corrected chi connectivity index (χ2v) is 2.10. The average molecular weight is 112 g/mol. The maximum absolute atomic E-state index is 10.7. The fourth-order valence-electron chi connectivity index (χ4n) is 0.791. The van der Waals surface area contributed by atoms with Crippen molar-refractivity contribution < 1.29 is 4.79 Å². The number of nitrogens with zero attached hydrogens (tertiary/aromatic N) is 1. The van der Waals surface area contributed by atoms with E-state index in [1.165, 1.54) is 0 Å². The van der Waals surface area contributed by atoms with Gasteiger partial charge in [0.05, 0.1) is 0 Å². The van der Waals surface area contributed by atoms with Crippen molar-refractivity contribution in [3.63, 3.8) is 0 Å². The minimum absolute atomic E-state index is 0.247. The zero-order chi connectivity index (χ0) is 5.98. The quantitative estimate of drug-likeness (QED) is 0.445. The highest BCUT2D eigenvalue weighted by molar-refractivity contribution is 5.77. The van der Waals surface area contributed by atoms with E-state index in [2.05, 4.69) is 0 Å². The molecule has 0 spiro atoms. The van der Waals surface area contributed by atoms with Gasteiger partial charge in [-0.1, -0.05) is 0 Å². The first-order valence-corrected chi connectivity index (χ1v) is 2.86. The van der Waals surface area contributed by atoms with E-state index in [0.717, 1.165) is 13.0 Å². The highest BCUT2D eigenvalue weighted by atomic mass is 16.2. The molecule has 1 amide bonds. The van der Waals surface area contributed by atoms with Crippen molar-refractivity contribution >= 4 is 5.91 Å². The molecule has 1 saturated heterocycles. The fraction of sp³-hybridized carbons (Fsp3) is 0.667. The van der Waals surface area contributed by atoms with E-state index in [4.69, 9.17) is 0 Å². The minimum Gasteiger partial charge on any atom is -0.346 e. The molecule has 1 aliphatic rings. The Kier molecular flexibility index (Phi) is 1.51. The molecule has 1 fully saturated rings. The van der Waals surface area contributed by atoms with Crippen LogP contribution in [-0.4, -0.2) is 24.4 Å². The summed E-state index contributed by atoms with van der Waals surface area (Å²) < 4.78 is 0. The third kappa shape index (κ3) is 0.997. The molecule has 1 aliphatic heterocycles. The van der Waals surface area contributed by atoms with Crippen LogP contribution in [0.15, 0.2) is 0 Å². The van der Waals surface area contributed by atoms with Crippen LogP contribution < -0.4 is 0 Å². The van der Waals surface area contributed by atoms with E-state index in [0.29, 0.717) is 6.42 Å². The number of piperidine rings is 1. The smallest absolute Gasteiger partial charge is 0.222 e. The van der Waals surface area contributed by atoms with Crippen LogP contribution in [0, 0.1) is 6.42 Å². The highest BCUT2D eigenvalue weighted by Crippen LogP contribution is 2.05. The Labute approximate surface area is 49.5 Å². The second kappa shape index (κ2) is 2.16. The highest BCUT2D eigenvalue weighted by Gasteiger charge is 2.12. The number of carbonyl (C=O) groups is 1. The Bertz CT molecular complexity index is 101. The van der Waals surface area contributed by atoms with Gasteiger partial charge in [-0.05, 0) is 12.8 Å². The lowest BCUT2D eigenvalue weighted by Crippen LogP contribution is -2.31. The van der Waals surface area contributed by atoms with E-state index in [9.17, 15) is 4.79 Å². The van der Waals surface area contributed by atoms with Crippen molar-refractivity contribution in [3.05, 3.63) is 6.42 Å². The summed E-state index contributed by atoms with van der Waals surface area (Å²) in [4.78, 5) is 12.5. The monoisotopic (exact) mass is 112 g/mol. The molecule has 0 aliphatic carbocycles. The summed E-state index contributed by atoms with van der Waals surface area (Å²) in [6.07, 6.45) is 3.72. The van der Waals surface area contributed by atoms with Gasteiger partial charge in [0, 0.05) is 20.0 Å². The van der Waals surface area contributed by atoms with Crippen LogP contribution >= 0.6 is 0 Å². The normalized spacial score (nSPS) is 21.6. The number of carbonyl (C=O) groups excluding carboxylic acids is 1. The zero-order valence-corrected chi connectivity index (χ0v) is 5.05. The van der Waals surface area contributed by atoms with Crippen molar-refractivity contribution in [2.45, 2.75) is 12.8 Å². The average Bonchev–Trinajstić information content (AvgIpc) is 1.77. The van der Waals surface area contributed by atoms with Crippen LogP contribution in [0.5, 0.6) is 0 Å². The topological polar surface area (TPSA) is 20.3 Å². The second-order valence-electron chi connectivity index (χ2n) is 2.10. The third-order valence-corrected chi connectivity index (χ3v) is 1.41. The molecule has 0 unspecified atom stereocenters. The van der Waals surface area contributed by atoms with Gasteiger partial charge in [-0.15, -0.1) is 0 Å². The van der Waals surface area contributed by atoms with Crippen molar-refractivity contribution in [2.24, 2.45) is 0 Å². The Morgan fingerprint density at radius 1 is 1.75 bits per heavy atom. The molecule has 0 bridgehead atoms. The SMILES string of the molecule is CN1CC[CH]CC1=O. The molecule has 1 radical (unpaired) electrons. The molecule has 0 aromatic carbocycles. The fourth-order valence-corrected chi connectivity index (χ4v) is 0.791. The van der Waals surface area contributed by atoms with E-state index < -0.39 is 0 Å². The van der Waals surface area contributed by atoms with E-state index in [1.54, 1.807) is 4.90 Å². The minimum atomic E-state index is 0.247. The lowest BCUT2D eigenvalue weighted by Gasteiger charge is -2.20. The van der Waals surface area contributed by atoms with E-state index >= 15 is 0 Å². The zero-order valence-electron chi connectivity index (χ0n) is 5.05. The standard InChI is InChI=1S/C6H10NO/c1-7-5-3-2-4-6(7)8/h2H,3-5H2,1H3. The molecule has 0 aromatic heterocycles. The number of amides is 1. The van der Waals surface area contributed by atoms with Crippen molar-refractivity contribution in [1.29, 1.82) is 0 Å². The summed E-state index contributed by atoms with van der Waals surface area (Å²) in [6, 6.07) is 0. The number of hydrogen-bond donors (Lipinski definition) is 0. The predicted molar refractivity (Wildman–Crippen MR) is 31.2 cm³/mol. The van der Waals surface area contributed by atoms with Gasteiger partial charge in [0.15, 0.2) is 0 Å². The molecule has 0 N–H and O–H groups in total. The predicted octanol–water partition coefficient (Wildman–Crippen LogP) is 0.443.